The molecule has 0 atom stereocenters. The molecule has 2 aromatic carbocycles. The number of nitrogens with zero attached hydrogens (tertiary/aromatic N) is 3. The molecule has 2 heterocycles. The number of imidazole rings is 1. The Morgan fingerprint density at radius 2 is 1.86 bits per heavy atom. The standard InChI is InChI=1S/C21H18F2N4O2/c1-4-27-10-14(21(29)24-2)19(28)13-9-15(23)18-16(17(13)27)25-20(26(18)3)11-5-7-12(22)8-6-11/h5-10H,4H2,1-3H3,(H,24,29). The van der Waals surface area contributed by atoms with Crippen LogP contribution in [-0.2, 0) is 13.6 Å². The smallest absolute Gasteiger partial charge is 0.256 e. The number of carbonyl (C=O) groups is 1. The van der Waals surface area contributed by atoms with Crippen LogP contribution in [0.25, 0.3) is 33.3 Å². The van der Waals surface area contributed by atoms with Crippen molar-refractivity contribution in [3.63, 3.8) is 0 Å². The molecule has 8 heteroatoms. The van der Waals surface area contributed by atoms with Gasteiger partial charge in [0.25, 0.3) is 5.91 Å². The zero-order valence-corrected chi connectivity index (χ0v) is 16.1. The van der Waals surface area contributed by atoms with Crippen molar-refractivity contribution in [3.05, 3.63) is 63.9 Å². The van der Waals surface area contributed by atoms with Gasteiger partial charge < -0.3 is 14.5 Å². The third kappa shape index (κ3) is 2.79. The van der Waals surface area contributed by atoms with Crippen LogP contribution in [0.1, 0.15) is 17.3 Å². The molecule has 4 aromatic rings. The first-order valence-electron chi connectivity index (χ1n) is 9.07. The largest absolute Gasteiger partial charge is 0.355 e. The van der Waals surface area contributed by atoms with Crippen LogP contribution in [0.3, 0.4) is 0 Å². The molecular weight excluding hydrogens is 378 g/mol. The minimum absolute atomic E-state index is 0.0599. The Kier molecular flexibility index (Phi) is 4.41. The number of carbonyl (C=O) groups excluding carboxylic acids is 1. The fraction of sp³-hybridized carbons (Fsp3) is 0.190. The molecule has 0 radical (unpaired) electrons. The van der Waals surface area contributed by atoms with Gasteiger partial charge in [0, 0.05) is 32.4 Å². The van der Waals surface area contributed by atoms with Gasteiger partial charge in [0.2, 0.25) is 5.43 Å². The van der Waals surface area contributed by atoms with E-state index >= 15 is 4.39 Å². The van der Waals surface area contributed by atoms with Crippen molar-refractivity contribution < 1.29 is 13.6 Å². The van der Waals surface area contributed by atoms with Crippen LogP contribution in [0.4, 0.5) is 8.78 Å². The fourth-order valence-corrected chi connectivity index (χ4v) is 3.62. The average molecular weight is 396 g/mol. The van der Waals surface area contributed by atoms with Gasteiger partial charge in [-0.1, -0.05) is 0 Å². The second-order valence-electron chi connectivity index (χ2n) is 6.69. The van der Waals surface area contributed by atoms with Crippen molar-refractivity contribution in [2.45, 2.75) is 13.5 Å². The van der Waals surface area contributed by atoms with E-state index in [0.717, 1.165) is 6.07 Å². The van der Waals surface area contributed by atoms with E-state index in [1.54, 1.807) is 28.3 Å². The predicted octanol–water partition coefficient (Wildman–Crippen LogP) is 3.21. The van der Waals surface area contributed by atoms with E-state index < -0.39 is 17.2 Å². The molecule has 29 heavy (non-hydrogen) atoms. The molecule has 1 amide bonds. The molecule has 0 saturated heterocycles. The number of aryl methyl sites for hydroxylation is 2. The highest BCUT2D eigenvalue weighted by Gasteiger charge is 2.22. The molecule has 6 nitrogen and oxygen atoms in total. The molecule has 1 N–H and O–H groups in total. The lowest BCUT2D eigenvalue weighted by Crippen LogP contribution is -2.27. The number of aromatic nitrogens is 3. The Balaban J connectivity index is 2.14. The van der Waals surface area contributed by atoms with Gasteiger partial charge in [0.05, 0.1) is 10.9 Å². The Hall–Kier alpha value is -3.55. The Morgan fingerprint density at radius 1 is 1.17 bits per heavy atom. The summed E-state index contributed by atoms with van der Waals surface area (Å²) in [4.78, 5) is 29.6. The number of amides is 1. The first kappa shape index (κ1) is 18.8. The topological polar surface area (TPSA) is 68.9 Å². The highest BCUT2D eigenvalue weighted by Crippen LogP contribution is 2.31. The SMILES string of the molecule is CCn1cc(C(=O)NC)c(=O)c2cc(F)c3c(nc(-c4ccc(F)cc4)n3C)c21. The molecule has 148 valence electrons. The Labute approximate surface area is 164 Å². The van der Waals surface area contributed by atoms with E-state index in [1.807, 2.05) is 6.92 Å². The van der Waals surface area contributed by atoms with Crippen molar-refractivity contribution in [1.82, 2.24) is 19.4 Å². The number of benzene rings is 2. The lowest BCUT2D eigenvalue weighted by molar-refractivity contribution is 0.0961. The maximum Gasteiger partial charge on any atom is 0.256 e. The van der Waals surface area contributed by atoms with E-state index in [1.165, 1.54) is 25.4 Å². The van der Waals surface area contributed by atoms with Crippen molar-refractivity contribution in [3.8, 4) is 11.4 Å². The second-order valence-corrected chi connectivity index (χ2v) is 6.69. The quantitative estimate of drug-likeness (QED) is 0.578. The highest BCUT2D eigenvalue weighted by atomic mass is 19.1. The average Bonchev–Trinajstić information content (AvgIpc) is 3.06. The van der Waals surface area contributed by atoms with Crippen LogP contribution in [0.2, 0.25) is 0 Å². The number of hydrogen-bond donors (Lipinski definition) is 1. The number of nitrogens with one attached hydrogen (secondary N) is 1. The summed E-state index contributed by atoms with van der Waals surface area (Å²) in [5.41, 5.74) is 0.986. The molecular formula is C21H18F2N4O2. The van der Waals surface area contributed by atoms with Gasteiger partial charge >= 0.3 is 0 Å². The van der Waals surface area contributed by atoms with E-state index in [0.29, 0.717) is 29.0 Å². The van der Waals surface area contributed by atoms with E-state index in [2.05, 4.69) is 10.3 Å². The number of pyridine rings is 1. The maximum absolute atomic E-state index is 15.0. The molecule has 2 aromatic heterocycles. The molecule has 0 bridgehead atoms. The number of halogens is 2. The lowest BCUT2D eigenvalue weighted by Gasteiger charge is -2.12. The first-order valence-corrected chi connectivity index (χ1v) is 9.07. The number of rotatable bonds is 3. The van der Waals surface area contributed by atoms with Gasteiger partial charge in [0.1, 0.15) is 34.1 Å². The Morgan fingerprint density at radius 3 is 2.48 bits per heavy atom. The number of fused-ring (bicyclic) bond motifs is 3. The summed E-state index contributed by atoms with van der Waals surface area (Å²) in [6.45, 7) is 2.31. The molecule has 4 rings (SSSR count). The summed E-state index contributed by atoms with van der Waals surface area (Å²) in [6.07, 6.45) is 1.47. The second kappa shape index (κ2) is 6.80. The van der Waals surface area contributed by atoms with Gasteiger partial charge in [0.15, 0.2) is 0 Å². The van der Waals surface area contributed by atoms with Crippen LogP contribution < -0.4 is 10.7 Å². The molecule has 0 aliphatic carbocycles. The monoisotopic (exact) mass is 396 g/mol. The van der Waals surface area contributed by atoms with E-state index in [9.17, 15) is 14.0 Å². The molecule has 0 spiro atoms. The molecule has 0 aliphatic heterocycles. The predicted molar refractivity (Wildman–Crippen MR) is 107 cm³/mol. The summed E-state index contributed by atoms with van der Waals surface area (Å²) < 4.78 is 31.6. The normalized spacial score (nSPS) is 11.3. The van der Waals surface area contributed by atoms with Crippen LogP contribution in [0, 0.1) is 11.6 Å². The summed E-state index contributed by atoms with van der Waals surface area (Å²) in [7, 11) is 3.09. The van der Waals surface area contributed by atoms with Crippen molar-refractivity contribution in [2.75, 3.05) is 7.05 Å². The third-order valence-electron chi connectivity index (χ3n) is 5.05. The van der Waals surface area contributed by atoms with Crippen molar-refractivity contribution in [2.24, 2.45) is 7.05 Å². The molecule has 0 fully saturated rings. The van der Waals surface area contributed by atoms with E-state index in [-0.39, 0.29) is 22.3 Å². The fourth-order valence-electron chi connectivity index (χ4n) is 3.62. The highest BCUT2D eigenvalue weighted by molar-refractivity contribution is 6.06. The molecule has 0 unspecified atom stereocenters. The number of hydrogen-bond acceptors (Lipinski definition) is 3. The molecule has 0 aliphatic rings. The minimum atomic E-state index is -0.621. The van der Waals surface area contributed by atoms with Gasteiger partial charge in [-0.15, -0.1) is 0 Å². The van der Waals surface area contributed by atoms with Gasteiger partial charge in [-0.3, -0.25) is 9.59 Å². The summed E-state index contributed by atoms with van der Waals surface area (Å²) >= 11 is 0. The molecule has 0 saturated carbocycles. The Bertz CT molecular complexity index is 1340. The lowest BCUT2D eigenvalue weighted by atomic mass is 10.1. The van der Waals surface area contributed by atoms with Crippen molar-refractivity contribution >= 4 is 27.8 Å². The first-order chi connectivity index (χ1) is 13.9. The zero-order chi connectivity index (χ0) is 20.9. The summed E-state index contributed by atoms with van der Waals surface area (Å²) in [5.74, 6) is -1.10. The van der Waals surface area contributed by atoms with Crippen LogP contribution in [-0.4, -0.2) is 27.1 Å². The van der Waals surface area contributed by atoms with Crippen LogP contribution >= 0.6 is 0 Å². The minimum Gasteiger partial charge on any atom is -0.355 e. The van der Waals surface area contributed by atoms with E-state index in [4.69, 9.17) is 0 Å². The van der Waals surface area contributed by atoms with Crippen LogP contribution in [0.5, 0.6) is 0 Å². The summed E-state index contributed by atoms with van der Waals surface area (Å²) in [6, 6.07) is 6.89. The third-order valence-corrected chi connectivity index (χ3v) is 5.05. The zero-order valence-electron chi connectivity index (χ0n) is 16.1. The van der Waals surface area contributed by atoms with Crippen molar-refractivity contribution in [1.29, 1.82) is 0 Å². The van der Waals surface area contributed by atoms with Gasteiger partial charge in [-0.2, -0.15) is 0 Å². The summed E-state index contributed by atoms with van der Waals surface area (Å²) in [5, 5.41) is 2.52. The van der Waals surface area contributed by atoms with Crippen LogP contribution in [0.15, 0.2) is 41.3 Å². The maximum atomic E-state index is 15.0. The van der Waals surface area contributed by atoms with Gasteiger partial charge in [-0.05, 0) is 37.3 Å². The van der Waals surface area contributed by atoms with Gasteiger partial charge in [-0.25, -0.2) is 13.8 Å².